The van der Waals surface area contributed by atoms with Gasteiger partial charge < -0.3 is 15.6 Å². The van der Waals surface area contributed by atoms with Crippen molar-refractivity contribution in [3.05, 3.63) is 86.8 Å². The molecule has 3 N–H and O–H groups in total. The van der Waals surface area contributed by atoms with E-state index in [2.05, 4.69) is 15.0 Å². The summed E-state index contributed by atoms with van der Waals surface area (Å²) in [7, 11) is 0. The van der Waals surface area contributed by atoms with Crippen molar-refractivity contribution in [2.75, 3.05) is 0 Å². The van der Waals surface area contributed by atoms with Crippen LogP contribution in [0, 0.1) is 0 Å². The van der Waals surface area contributed by atoms with Crippen LogP contribution in [0.15, 0.2) is 70.2 Å². The first-order valence-electron chi connectivity index (χ1n) is 6.07. The van der Waals surface area contributed by atoms with E-state index in [4.69, 9.17) is 15.6 Å². The third-order valence-corrected chi connectivity index (χ3v) is 2.11. The van der Waals surface area contributed by atoms with Crippen molar-refractivity contribution in [2.45, 2.75) is 0 Å². The Morgan fingerprint density at radius 3 is 0.960 bits per heavy atom. The SMILES string of the molecule is O=c1cnccn1O.O=c1cnccn1O.O=c1cnccn1O.[Fe+3]. The maximum absolute atomic E-state index is 10.3. The first-order valence-corrected chi connectivity index (χ1v) is 6.07. The molecule has 3 aromatic rings. The Balaban J connectivity index is 0.000000339. The van der Waals surface area contributed by atoms with Crippen molar-refractivity contribution in [3.8, 4) is 0 Å². The molecule has 13 heteroatoms. The van der Waals surface area contributed by atoms with Gasteiger partial charge >= 0.3 is 33.7 Å². The van der Waals surface area contributed by atoms with Gasteiger partial charge in [0.05, 0.1) is 37.2 Å². The van der Waals surface area contributed by atoms with E-state index >= 15 is 0 Å². The number of hydrogen-bond acceptors (Lipinski definition) is 9. The molecule has 0 aromatic carbocycles. The number of hydrogen-bond donors (Lipinski definition) is 3. The van der Waals surface area contributed by atoms with Gasteiger partial charge in [0, 0.05) is 18.6 Å². The molecule has 0 atom stereocenters. The first kappa shape index (κ1) is 21.6. The van der Waals surface area contributed by atoms with Crippen LogP contribution in [0.4, 0.5) is 0 Å². The van der Waals surface area contributed by atoms with Crippen LogP contribution in [0.2, 0.25) is 0 Å². The second-order valence-electron chi connectivity index (χ2n) is 3.78. The minimum atomic E-state index is -0.521. The van der Waals surface area contributed by atoms with Crippen molar-refractivity contribution >= 4 is 0 Å². The van der Waals surface area contributed by atoms with Crippen LogP contribution in [-0.4, -0.2) is 44.8 Å². The molecule has 131 valence electrons. The number of aromatic nitrogens is 6. The maximum Gasteiger partial charge on any atom is 3.00 e. The van der Waals surface area contributed by atoms with Crippen LogP contribution >= 0.6 is 0 Å². The molecule has 3 rings (SSSR count). The van der Waals surface area contributed by atoms with Crippen molar-refractivity contribution in [3.63, 3.8) is 0 Å². The predicted molar refractivity (Wildman–Crippen MR) is 77.0 cm³/mol. The molecule has 12 nitrogen and oxygen atoms in total. The van der Waals surface area contributed by atoms with Crippen LogP contribution in [0.25, 0.3) is 0 Å². The molecule has 0 bridgehead atoms. The average Bonchev–Trinajstić information content (AvgIpc) is 2.57. The Kier molecular flexibility index (Phi) is 9.62. The monoisotopic (exact) mass is 392 g/mol. The summed E-state index contributed by atoms with van der Waals surface area (Å²) in [6, 6.07) is 0. The van der Waals surface area contributed by atoms with Crippen LogP contribution in [0.5, 0.6) is 0 Å². The fourth-order valence-electron chi connectivity index (χ4n) is 1.02. The Bertz CT molecular complexity index is 817. The summed E-state index contributed by atoms with van der Waals surface area (Å²) in [5.41, 5.74) is -1.56. The van der Waals surface area contributed by atoms with Crippen molar-refractivity contribution in [1.82, 2.24) is 29.1 Å². The minimum Gasteiger partial charge on any atom is -0.425 e. The maximum atomic E-state index is 10.3. The summed E-state index contributed by atoms with van der Waals surface area (Å²) >= 11 is 0. The Hall–Kier alpha value is -3.44. The van der Waals surface area contributed by atoms with Gasteiger partial charge in [0.2, 0.25) is 0 Å². The Morgan fingerprint density at radius 2 is 0.840 bits per heavy atom. The third-order valence-electron chi connectivity index (χ3n) is 2.11. The van der Waals surface area contributed by atoms with Gasteiger partial charge in [-0.3, -0.25) is 29.3 Å². The van der Waals surface area contributed by atoms with Crippen molar-refractivity contribution in [1.29, 1.82) is 0 Å². The standard InChI is InChI=1S/3C4H4N2O2.Fe/c3*7-4-3-5-1-2-6(4)8;/h3*1-3,8H;/q;;;+3. The molecule has 3 aromatic heterocycles. The zero-order chi connectivity index (χ0) is 17.9. The Labute approximate surface area is 149 Å². The zero-order valence-electron chi connectivity index (χ0n) is 12.3. The van der Waals surface area contributed by atoms with E-state index in [-0.39, 0.29) is 17.1 Å². The first-order chi connectivity index (χ1) is 11.4. The zero-order valence-corrected chi connectivity index (χ0v) is 13.4. The topological polar surface area (TPSA) is 165 Å². The van der Waals surface area contributed by atoms with Gasteiger partial charge in [0.1, 0.15) is 0 Å². The molecule has 25 heavy (non-hydrogen) atoms. The number of rotatable bonds is 0. The second kappa shape index (κ2) is 11.2. The molecule has 0 fully saturated rings. The van der Waals surface area contributed by atoms with Gasteiger partial charge in [-0.05, 0) is 0 Å². The number of nitrogens with zero attached hydrogens (tertiary/aromatic N) is 6. The van der Waals surface area contributed by atoms with E-state index < -0.39 is 16.7 Å². The molecule has 0 unspecified atom stereocenters. The molecule has 1 radical (unpaired) electrons. The summed E-state index contributed by atoms with van der Waals surface area (Å²) in [6.45, 7) is 0. The van der Waals surface area contributed by atoms with Crippen LogP contribution < -0.4 is 16.7 Å². The van der Waals surface area contributed by atoms with Gasteiger partial charge in [0.15, 0.2) is 0 Å². The van der Waals surface area contributed by atoms with E-state index in [1.807, 2.05) is 0 Å². The molecule has 0 saturated carbocycles. The van der Waals surface area contributed by atoms with E-state index in [9.17, 15) is 14.4 Å². The second-order valence-corrected chi connectivity index (χ2v) is 3.78. The van der Waals surface area contributed by atoms with E-state index in [0.717, 1.165) is 18.6 Å². The van der Waals surface area contributed by atoms with Crippen LogP contribution in [0.1, 0.15) is 0 Å². The third kappa shape index (κ3) is 8.10. The van der Waals surface area contributed by atoms with E-state index in [0.29, 0.717) is 14.2 Å². The van der Waals surface area contributed by atoms with E-state index in [1.54, 1.807) is 0 Å². The smallest absolute Gasteiger partial charge is 0.425 e. The Morgan fingerprint density at radius 1 is 0.600 bits per heavy atom. The molecule has 0 aliphatic rings. The van der Waals surface area contributed by atoms with Gasteiger partial charge in [0.25, 0.3) is 0 Å². The summed E-state index contributed by atoms with van der Waals surface area (Å²) in [6.07, 6.45) is 10.6. The summed E-state index contributed by atoms with van der Waals surface area (Å²) in [5, 5.41) is 25.5. The average molecular weight is 392 g/mol. The fourth-order valence-corrected chi connectivity index (χ4v) is 1.02. The molecule has 0 amide bonds. The van der Waals surface area contributed by atoms with Gasteiger partial charge in [-0.25, -0.2) is 0 Å². The fraction of sp³-hybridized carbons (Fsp3) is 0. The normalized spacial score (nSPS) is 8.64. The molecular formula is C12H12FeN6O6+3. The van der Waals surface area contributed by atoms with Gasteiger partial charge in [-0.2, -0.15) is 14.2 Å². The van der Waals surface area contributed by atoms with Crippen molar-refractivity contribution in [2.24, 2.45) is 0 Å². The summed E-state index contributed by atoms with van der Waals surface area (Å²) in [5.74, 6) is 0. The molecular weight excluding hydrogens is 380 g/mol. The van der Waals surface area contributed by atoms with Crippen LogP contribution in [0.3, 0.4) is 0 Å². The summed E-state index contributed by atoms with van der Waals surface area (Å²) in [4.78, 5) is 41.2. The molecule has 0 saturated heterocycles. The van der Waals surface area contributed by atoms with Gasteiger partial charge in [-0.15, -0.1) is 0 Å². The van der Waals surface area contributed by atoms with E-state index in [1.165, 1.54) is 37.2 Å². The van der Waals surface area contributed by atoms with Crippen LogP contribution in [-0.2, 0) is 17.1 Å². The van der Waals surface area contributed by atoms with Gasteiger partial charge in [-0.1, -0.05) is 0 Å². The molecule has 3 heterocycles. The van der Waals surface area contributed by atoms with Crippen molar-refractivity contribution < 1.29 is 32.7 Å². The largest absolute Gasteiger partial charge is 3.00 e. The summed E-state index contributed by atoms with van der Waals surface area (Å²) < 4.78 is 1.40. The predicted octanol–water partition coefficient (Wildman–Crippen LogP) is -1.56. The minimum absolute atomic E-state index is 0. The quantitative estimate of drug-likeness (QED) is 0.303. The molecule has 0 spiro atoms. The molecule has 0 aliphatic carbocycles. The molecule has 0 aliphatic heterocycles.